The van der Waals surface area contributed by atoms with Crippen molar-refractivity contribution in [3.63, 3.8) is 0 Å². The van der Waals surface area contributed by atoms with Gasteiger partial charge in [-0.3, -0.25) is 4.79 Å². The van der Waals surface area contributed by atoms with Gasteiger partial charge in [0.2, 0.25) is 5.91 Å². The van der Waals surface area contributed by atoms with Crippen molar-refractivity contribution in [3.8, 4) is 0 Å². The summed E-state index contributed by atoms with van der Waals surface area (Å²) in [6.07, 6.45) is 8.84. The van der Waals surface area contributed by atoms with E-state index < -0.39 is 0 Å². The van der Waals surface area contributed by atoms with Crippen molar-refractivity contribution in [2.75, 3.05) is 19.6 Å². The van der Waals surface area contributed by atoms with E-state index in [4.69, 9.17) is 0 Å². The zero-order chi connectivity index (χ0) is 15.5. The highest BCUT2D eigenvalue weighted by Gasteiger charge is 2.38. The van der Waals surface area contributed by atoms with Crippen molar-refractivity contribution >= 4 is 5.91 Å². The SMILES string of the molecule is CC(C)N1CCCC(CNC(=O)C2CC3CCCCC3N2)C1. The number of likely N-dealkylation sites (tertiary alicyclic amines) is 1. The first-order valence-corrected chi connectivity index (χ1v) is 9.41. The molecule has 2 heterocycles. The van der Waals surface area contributed by atoms with Crippen molar-refractivity contribution in [1.29, 1.82) is 0 Å². The van der Waals surface area contributed by atoms with Crippen LogP contribution in [0.3, 0.4) is 0 Å². The van der Waals surface area contributed by atoms with Crippen molar-refractivity contribution in [2.45, 2.75) is 76.9 Å². The van der Waals surface area contributed by atoms with E-state index in [1.54, 1.807) is 0 Å². The Morgan fingerprint density at radius 2 is 2.05 bits per heavy atom. The fraction of sp³-hybridized carbons (Fsp3) is 0.944. The molecular weight excluding hydrogens is 274 g/mol. The maximum Gasteiger partial charge on any atom is 0.237 e. The molecule has 0 radical (unpaired) electrons. The molecule has 2 aliphatic heterocycles. The summed E-state index contributed by atoms with van der Waals surface area (Å²) in [4.78, 5) is 15.0. The molecule has 1 aliphatic carbocycles. The van der Waals surface area contributed by atoms with Crippen molar-refractivity contribution < 1.29 is 4.79 Å². The topological polar surface area (TPSA) is 44.4 Å². The Morgan fingerprint density at radius 1 is 1.23 bits per heavy atom. The molecule has 126 valence electrons. The lowest BCUT2D eigenvalue weighted by molar-refractivity contribution is -0.123. The number of hydrogen-bond acceptors (Lipinski definition) is 3. The monoisotopic (exact) mass is 307 g/mol. The average Bonchev–Trinajstić information content (AvgIpc) is 2.97. The molecule has 22 heavy (non-hydrogen) atoms. The van der Waals surface area contributed by atoms with Crippen molar-refractivity contribution in [2.24, 2.45) is 11.8 Å². The van der Waals surface area contributed by atoms with E-state index in [1.807, 2.05) is 0 Å². The number of carbonyl (C=O) groups excluding carboxylic acids is 1. The molecule has 0 aromatic heterocycles. The normalized spacial score (nSPS) is 36.3. The second-order valence-corrected chi connectivity index (χ2v) is 7.95. The van der Waals surface area contributed by atoms with Crippen LogP contribution in [0.4, 0.5) is 0 Å². The van der Waals surface area contributed by atoms with Crippen LogP contribution < -0.4 is 10.6 Å². The number of nitrogens with one attached hydrogen (secondary N) is 2. The van der Waals surface area contributed by atoms with Crippen LogP contribution in [-0.2, 0) is 4.79 Å². The van der Waals surface area contributed by atoms with Crippen LogP contribution in [0.5, 0.6) is 0 Å². The fourth-order valence-electron chi connectivity index (χ4n) is 4.62. The smallest absolute Gasteiger partial charge is 0.237 e. The molecule has 2 N–H and O–H groups in total. The Balaban J connectivity index is 1.42. The van der Waals surface area contributed by atoms with Gasteiger partial charge in [-0.15, -0.1) is 0 Å². The van der Waals surface area contributed by atoms with Gasteiger partial charge in [0.25, 0.3) is 0 Å². The first-order valence-electron chi connectivity index (χ1n) is 9.41. The minimum Gasteiger partial charge on any atom is -0.354 e. The van der Waals surface area contributed by atoms with Gasteiger partial charge in [0, 0.05) is 25.2 Å². The third kappa shape index (κ3) is 3.83. The number of fused-ring (bicyclic) bond motifs is 1. The van der Waals surface area contributed by atoms with Gasteiger partial charge >= 0.3 is 0 Å². The molecule has 3 rings (SSSR count). The number of carbonyl (C=O) groups is 1. The van der Waals surface area contributed by atoms with Crippen molar-refractivity contribution in [1.82, 2.24) is 15.5 Å². The molecule has 2 saturated heterocycles. The zero-order valence-electron chi connectivity index (χ0n) is 14.3. The number of hydrogen-bond donors (Lipinski definition) is 2. The van der Waals surface area contributed by atoms with E-state index in [1.165, 1.54) is 45.1 Å². The summed E-state index contributed by atoms with van der Waals surface area (Å²) < 4.78 is 0. The molecule has 1 saturated carbocycles. The molecule has 4 atom stereocenters. The van der Waals surface area contributed by atoms with Crippen LogP contribution in [0.1, 0.15) is 58.8 Å². The first kappa shape index (κ1) is 16.3. The maximum atomic E-state index is 12.5. The predicted octanol–water partition coefficient (Wildman–Crippen LogP) is 2.14. The average molecular weight is 307 g/mol. The van der Waals surface area contributed by atoms with E-state index in [0.717, 1.165) is 25.4 Å². The molecule has 0 spiro atoms. The quantitative estimate of drug-likeness (QED) is 0.836. The molecule has 0 bridgehead atoms. The summed E-state index contributed by atoms with van der Waals surface area (Å²) in [5.74, 6) is 1.62. The van der Waals surface area contributed by atoms with E-state index in [0.29, 0.717) is 18.0 Å². The lowest BCUT2D eigenvalue weighted by atomic mass is 9.85. The van der Waals surface area contributed by atoms with Gasteiger partial charge in [-0.25, -0.2) is 0 Å². The Kier molecular flexibility index (Phi) is 5.40. The summed E-state index contributed by atoms with van der Waals surface area (Å²) in [5, 5.41) is 6.82. The van der Waals surface area contributed by atoms with Gasteiger partial charge in [0.1, 0.15) is 0 Å². The van der Waals surface area contributed by atoms with E-state index >= 15 is 0 Å². The number of amides is 1. The van der Waals surface area contributed by atoms with Crippen LogP contribution in [0.2, 0.25) is 0 Å². The summed E-state index contributed by atoms with van der Waals surface area (Å²) in [5.41, 5.74) is 0. The largest absolute Gasteiger partial charge is 0.354 e. The van der Waals surface area contributed by atoms with Gasteiger partial charge < -0.3 is 15.5 Å². The highest BCUT2D eigenvalue weighted by molar-refractivity contribution is 5.82. The zero-order valence-corrected chi connectivity index (χ0v) is 14.3. The minimum absolute atomic E-state index is 0.0675. The summed E-state index contributed by atoms with van der Waals surface area (Å²) in [7, 11) is 0. The molecule has 4 unspecified atom stereocenters. The number of nitrogens with zero attached hydrogens (tertiary/aromatic N) is 1. The molecule has 3 aliphatic rings. The highest BCUT2D eigenvalue weighted by Crippen LogP contribution is 2.33. The second kappa shape index (κ2) is 7.31. The Hall–Kier alpha value is -0.610. The van der Waals surface area contributed by atoms with Crippen LogP contribution in [0.15, 0.2) is 0 Å². The van der Waals surface area contributed by atoms with Gasteiger partial charge in [0.15, 0.2) is 0 Å². The summed E-state index contributed by atoms with van der Waals surface area (Å²) in [6, 6.07) is 1.30. The maximum absolute atomic E-state index is 12.5. The first-order chi connectivity index (χ1) is 10.6. The van der Waals surface area contributed by atoms with Gasteiger partial charge in [0.05, 0.1) is 6.04 Å². The van der Waals surface area contributed by atoms with Gasteiger partial charge in [-0.05, 0) is 64.3 Å². The molecule has 1 amide bonds. The van der Waals surface area contributed by atoms with E-state index in [-0.39, 0.29) is 11.9 Å². The van der Waals surface area contributed by atoms with Crippen LogP contribution in [0, 0.1) is 11.8 Å². The van der Waals surface area contributed by atoms with E-state index in [2.05, 4.69) is 29.4 Å². The molecule has 3 fully saturated rings. The Morgan fingerprint density at radius 3 is 2.82 bits per heavy atom. The molecule has 0 aromatic rings. The number of piperidine rings is 1. The van der Waals surface area contributed by atoms with Crippen LogP contribution in [-0.4, -0.2) is 48.6 Å². The predicted molar refractivity (Wildman–Crippen MR) is 89.7 cm³/mol. The Labute approximate surface area is 135 Å². The minimum atomic E-state index is 0.0675. The Bertz CT molecular complexity index is 371. The summed E-state index contributed by atoms with van der Waals surface area (Å²) >= 11 is 0. The molecular formula is C18H33N3O. The lowest BCUT2D eigenvalue weighted by Gasteiger charge is -2.35. The third-order valence-electron chi connectivity index (χ3n) is 6.02. The fourth-order valence-corrected chi connectivity index (χ4v) is 4.62. The third-order valence-corrected chi connectivity index (χ3v) is 6.02. The van der Waals surface area contributed by atoms with Crippen LogP contribution in [0.25, 0.3) is 0 Å². The standard InChI is InChI=1S/C18H33N3O/c1-13(2)21-9-5-6-14(12-21)11-19-18(22)17-10-15-7-3-4-8-16(15)20-17/h13-17,20H,3-12H2,1-2H3,(H,19,22). The van der Waals surface area contributed by atoms with Gasteiger partial charge in [-0.1, -0.05) is 12.8 Å². The molecule has 4 nitrogen and oxygen atoms in total. The summed E-state index contributed by atoms with van der Waals surface area (Å²) in [6.45, 7) is 7.75. The second-order valence-electron chi connectivity index (χ2n) is 7.95. The molecule has 0 aromatic carbocycles. The lowest BCUT2D eigenvalue weighted by Crippen LogP contribution is -2.47. The van der Waals surface area contributed by atoms with Crippen molar-refractivity contribution in [3.05, 3.63) is 0 Å². The molecule has 4 heteroatoms. The number of rotatable bonds is 4. The highest BCUT2D eigenvalue weighted by atomic mass is 16.2. The van der Waals surface area contributed by atoms with Crippen LogP contribution >= 0.6 is 0 Å². The van der Waals surface area contributed by atoms with Gasteiger partial charge in [-0.2, -0.15) is 0 Å². The van der Waals surface area contributed by atoms with E-state index in [9.17, 15) is 4.79 Å².